The fourth-order valence-corrected chi connectivity index (χ4v) is 2.75. The molecule has 1 saturated heterocycles. The van der Waals surface area contributed by atoms with Gasteiger partial charge in [0.2, 0.25) is 0 Å². The van der Waals surface area contributed by atoms with E-state index in [0.717, 1.165) is 32.2 Å². The average Bonchev–Trinajstić information content (AvgIpc) is 2.83. The molecule has 0 spiro atoms. The number of nitrogens with one attached hydrogen (secondary N) is 3. The topological polar surface area (TPSA) is 71.6 Å². The first kappa shape index (κ1) is 13.6. The summed E-state index contributed by atoms with van der Waals surface area (Å²) in [4.78, 5) is 16.3. The fraction of sp³-hybridized carbons (Fsp3) is 0.917. The predicted octanol–water partition coefficient (Wildman–Crippen LogP) is 0.945. The van der Waals surface area contributed by atoms with Gasteiger partial charge in [0.15, 0.2) is 0 Å². The van der Waals surface area contributed by atoms with Crippen LogP contribution in [0.5, 0.6) is 0 Å². The molecule has 2 atom stereocenters. The normalized spacial score (nSPS) is 36.3. The van der Waals surface area contributed by atoms with Gasteiger partial charge in [0.05, 0.1) is 13.3 Å². The molecule has 1 aliphatic heterocycles. The first-order valence-electron chi connectivity index (χ1n) is 6.68. The number of carbonyl (C=O) groups excluding carboxylic acids is 1. The maximum Gasteiger partial charge on any atom is 0.406 e. The van der Waals surface area contributed by atoms with Crippen molar-refractivity contribution in [3.8, 4) is 0 Å². The van der Waals surface area contributed by atoms with Crippen molar-refractivity contribution in [1.82, 2.24) is 16.1 Å². The molecular weight excluding hydrogens is 234 g/mol. The zero-order valence-electron chi connectivity index (χ0n) is 11.1. The Morgan fingerprint density at radius 2 is 2.11 bits per heavy atom. The van der Waals surface area contributed by atoms with Crippen LogP contribution in [0.3, 0.4) is 0 Å². The van der Waals surface area contributed by atoms with E-state index in [2.05, 4.69) is 20.9 Å². The molecule has 3 N–H and O–H groups in total. The van der Waals surface area contributed by atoms with Gasteiger partial charge in [0.25, 0.3) is 0 Å². The quantitative estimate of drug-likeness (QED) is 0.702. The Kier molecular flexibility index (Phi) is 4.79. The van der Waals surface area contributed by atoms with Gasteiger partial charge >= 0.3 is 6.09 Å². The van der Waals surface area contributed by atoms with Crippen molar-refractivity contribution in [2.75, 3.05) is 13.7 Å². The molecule has 2 fully saturated rings. The summed E-state index contributed by atoms with van der Waals surface area (Å²) in [5.41, 5.74) is 3.05. The highest BCUT2D eigenvalue weighted by Crippen LogP contribution is 2.30. The van der Waals surface area contributed by atoms with Crippen LogP contribution in [0.25, 0.3) is 0 Å². The van der Waals surface area contributed by atoms with E-state index in [4.69, 9.17) is 4.84 Å². The van der Waals surface area contributed by atoms with Crippen molar-refractivity contribution < 1.29 is 14.4 Å². The fourth-order valence-electron chi connectivity index (χ4n) is 2.75. The Bertz CT molecular complexity index is 280. The molecule has 6 nitrogen and oxygen atoms in total. The summed E-state index contributed by atoms with van der Waals surface area (Å²) >= 11 is 0. The molecular formula is C12H23N3O3. The SMILES string of the molecule is COC(=O)NCC1CCC(C2NOC(C)N2)CC1. The molecule has 2 unspecified atom stereocenters. The lowest BCUT2D eigenvalue weighted by Gasteiger charge is -2.31. The van der Waals surface area contributed by atoms with Crippen molar-refractivity contribution in [2.45, 2.75) is 45.0 Å². The van der Waals surface area contributed by atoms with E-state index in [1.165, 1.54) is 7.11 Å². The second kappa shape index (κ2) is 6.36. The van der Waals surface area contributed by atoms with Crippen molar-refractivity contribution >= 4 is 6.09 Å². The number of hydroxylamine groups is 1. The third-order valence-corrected chi connectivity index (χ3v) is 3.87. The van der Waals surface area contributed by atoms with E-state index >= 15 is 0 Å². The van der Waals surface area contributed by atoms with Crippen LogP contribution in [-0.4, -0.2) is 32.1 Å². The smallest absolute Gasteiger partial charge is 0.406 e. The van der Waals surface area contributed by atoms with E-state index in [-0.39, 0.29) is 18.5 Å². The number of ether oxygens (including phenoxy) is 1. The number of amides is 1. The first-order chi connectivity index (χ1) is 8.69. The number of rotatable bonds is 3. The maximum absolute atomic E-state index is 11.0. The van der Waals surface area contributed by atoms with Crippen molar-refractivity contribution in [3.05, 3.63) is 0 Å². The lowest BCUT2D eigenvalue weighted by Crippen LogP contribution is -2.42. The molecule has 1 saturated carbocycles. The van der Waals surface area contributed by atoms with Gasteiger partial charge in [-0.2, -0.15) is 5.48 Å². The summed E-state index contributed by atoms with van der Waals surface area (Å²) in [6, 6.07) is 0. The van der Waals surface area contributed by atoms with Gasteiger partial charge in [-0.1, -0.05) is 0 Å². The Morgan fingerprint density at radius 1 is 1.39 bits per heavy atom. The molecule has 104 valence electrons. The van der Waals surface area contributed by atoms with E-state index in [0.29, 0.717) is 11.8 Å². The molecule has 0 radical (unpaired) electrons. The van der Waals surface area contributed by atoms with Gasteiger partial charge in [-0.3, -0.25) is 10.2 Å². The van der Waals surface area contributed by atoms with Crippen LogP contribution < -0.4 is 16.1 Å². The van der Waals surface area contributed by atoms with Crippen LogP contribution in [0.15, 0.2) is 0 Å². The van der Waals surface area contributed by atoms with Crippen molar-refractivity contribution in [3.63, 3.8) is 0 Å². The first-order valence-corrected chi connectivity index (χ1v) is 6.68. The molecule has 0 aromatic carbocycles. The van der Waals surface area contributed by atoms with Crippen LogP contribution >= 0.6 is 0 Å². The minimum Gasteiger partial charge on any atom is -0.453 e. The number of hydrogen-bond donors (Lipinski definition) is 3. The van der Waals surface area contributed by atoms with Gasteiger partial charge in [0.1, 0.15) is 6.23 Å². The van der Waals surface area contributed by atoms with Gasteiger partial charge in [-0.05, 0) is 44.4 Å². The summed E-state index contributed by atoms with van der Waals surface area (Å²) in [5.74, 6) is 1.18. The largest absolute Gasteiger partial charge is 0.453 e. The van der Waals surface area contributed by atoms with Crippen LogP contribution in [0, 0.1) is 11.8 Å². The lowest BCUT2D eigenvalue weighted by molar-refractivity contribution is 0.0252. The molecule has 1 amide bonds. The molecule has 2 aliphatic rings. The van der Waals surface area contributed by atoms with Crippen LogP contribution in [0.4, 0.5) is 4.79 Å². The van der Waals surface area contributed by atoms with E-state index in [1.807, 2.05) is 6.92 Å². The molecule has 0 aromatic rings. The van der Waals surface area contributed by atoms with Gasteiger partial charge in [-0.15, -0.1) is 0 Å². The zero-order chi connectivity index (χ0) is 13.0. The minimum absolute atomic E-state index is 0.0914. The third-order valence-electron chi connectivity index (χ3n) is 3.87. The molecule has 2 rings (SSSR count). The third kappa shape index (κ3) is 3.57. The lowest BCUT2D eigenvalue weighted by atomic mass is 9.80. The van der Waals surface area contributed by atoms with E-state index in [1.54, 1.807) is 0 Å². The van der Waals surface area contributed by atoms with E-state index < -0.39 is 0 Å². The standard InChI is InChI=1S/C12H23N3O3/c1-8-14-11(15-18-8)10-5-3-9(4-6-10)7-13-12(16)17-2/h8-11,14-15H,3-7H2,1-2H3,(H,13,16). The number of hydrogen-bond acceptors (Lipinski definition) is 5. The average molecular weight is 257 g/mol. The van der Waals surface area contributed by atoms with E-state index in [9.17, 15) is 4.79 Å². The number of carbonyl (C=O) groups is 1. The highest BCUT2D eigenvalue weighted by Gasteiger charge is 2.32. The van der Waals surface area contributed by atoms with Crippen LogP contribution in [0.2, 0.25) is 0 Å². The Hall–Kier alpha value is -0.850. The molecule has 6 heteroatoms. The summed E-state index contributed by atoms with van der Waals surface area (Å²) in [5, 5.41) is 6.15. The number of methoxy groups -OCH3 is 1. The van der Waals surface area contributed by atoms with Crippen LogP contribution in [0.1, 0.15) is 32.6 Å². The highest BCUT2D eigenvalue weighted by atomic mass is 16.7. The second-order valence-electron chi connectivity index (χ2n) is 5.18. The Labute approximate surface area is 108 Å². The van der Waals surface area contributed by atoms with Gasteiger partial charge in [0, 0.05) is 6.54 Å². The Morgan fingerprint density at radius 3 is 2.67 bits per heavy atom. The number of alkyl carbamates (subject to hydrolysis) is 1. The van der Waals surface area contributed by atoms with Gasteiger partial charge in [-0.25, -0.2) is 4.79 Å². The maximum atomic E-state index is 11.0. The van der Waals surface area contributed by atoms with Crippen molar-refractivity contribution in [2.24, 2.45) is 11.8 Å². The zero-order valence-corrected chi connectivity index (χ0v) is 11.1. The predicted molar refractivity (Wildman–Crippen MR) is 66.5 cm³/mol. The highest BCUT2D eigenvalue weighted by molar-refractivity contribution is 5.66. The van der Waals surface area contributed by atoms with Crippen molar-refractivity contribution in [1.29, 1.82) is 0 Å². The molecule has 1 aliphatic carbocycles. The molecule has 0 bridgehead atoms. The van der Waals surface area contributed by atoms with Crippen LogP contribution in [-0.2, 0) is 9.57 Å². The summed E-state index contributed by atoms with van der Waals surface area (Å²) in [6.07, 6.45) is 4.63. The monoisotopic (exact) mass is 257 g/mol. The van der Waals surface area contributed by atoms with Gasteiger partial charge < -0.3 is 10.1 Å². The Balaban J connectivity index is 1.66. The summed E-state index contributed by atoms with van der Waals surface area (Å²) < 4.78 is 4.57. The molecule has 18 heavy (non-hydrogen) atoms. The summed E-state index contributed by atoms with van der Waals surface area (Å²) in [6.45, 7) is 2.72. The minimum atomic E-state index is -0.335. The summed E-state index contributed by atoms with van der Waals surface area (Å²) in [7, 11) is 1.39. The molecule has 1 heterocycles. The second-order valence-corrected chi connectivity index (χ2v) is 5.18. The molecule has 0 aromatic heterocycles.